The molecule has 13 heterocycles. The number of ether oxygens (including phenoxy) is 6. The highest BCUT2D eigenvalue weighted by atomic mass is 35.5. The number of fused-ring (bicyclic) bond motifs is 5. The molecule has 5 amide bonds. The SMILES string of the molecule is C.CC(C)(C)OC(=O)N1Cc2ncnc(Cl)c2C1.CC(C)(C)OC(=O)N1Cc2ncnc(N3CCCCC3)c2C1.CC(C)(C)OC(=O)N1Cc2ncnc(N3CCN(C(=O)OCc4ccccc4)CC3)c2C1.C[C@@H]1CN(c2ccc(C#N)c3ncccc23)C[C@H](CN2CCN(c3ncnc4c3CCC4)CC2)O1.O=C(OCc1ccccc1)N1CCCCC1. The van der Waals surface area contributed by atoms with Gasteiger partial charge in [0.05, 0.1) is 79.6 Å². The number of aryl methyl sites for hydroxylation is 1. The number of amides is 5. The molecule has 0 unspecified atom stereocenters. The molecule has 123 heavy (non-hydrogen) atoms. The van der Waals surface area contributed by atoms with E-state index in [4.69, 9.17) is 40.0 Å². The first-order chi connectivity index (χ1) is 58.7. The van der Waals surface area contributed by atoms with Gasteiger partial charge in [-0.3, -0.25) is 24.6 Å². The van der Waals surface area contributed by atoms with E-state index in [-0.39, 0.29) is 56.7 Å². The Hall–Kier alpha value is -11.4. The van der Waals surface area contributed by atoms with Crippen LogP contribution in [0.15, 0.2) is 116 Å². The van der Waals surface area contributed by atoms with Crippen LogP contribution in [0.1, 0.15) is 183 Å². The van der Waals surface area contributed by atoms with E-state index in [0.29, 0.717) is 82.8 Å². The van der Waals surface area contributed by atoms with Gasteiger partial charge in [-0.25, -0.2) is 63.8 Å². The van der Waals surface area contributed by atoms with Crippen molar-refractivity contribution in [3.05, 3.63) is 183 Å². The highest BCUT2D eigenvalue weighted by Gasteiger charge is 2.38. The number of likely N-dealkylation sites (tertiary alicyclic amines) is 1. The zero-order valence-electron chi connectivity index (χ0n) is 72.1. The average Bonchev–Trinajstić information content (AvgIpc) is 1.53. The van der Waals surface area contributed by atoms with Crippen molar-refractivity contribution in [2.45, 2.75) is 216 Å². The second kappa shape index (κ2) is 41.7. The van der Waals surface area contributed by atoms with Crippen LogP contribution in [0.5, 0.6) is 0 Å². The van der Waals surface area contributed by atoms with Gasteiger partial charge in [0.1, 0.15) is 84.0 Å². The number of carbonyl (C=O) groups excluding carboxylic acids is 5. The number of hydrogen-bond acceptors (Lipinski definition) is 26. The molecule has 32 heteroatoms. The lowest BCUT2D eigenvalue weighted by atomic mass is 10.1. The molecule has 8 aromatic rings. The van der Waals surface area contributed by atoms with Gasteiger partial charge in [0.2, 0.25) is 0 Å². The zero-order valence-corrected chi connectivity index (χ0v) is 72.8. The number of piperazine rings is 2. The molecule has 0 radical (unpaired) electrons. The Kier molecular flexibility index (Phi) is 30.8. The third-order valence-corrected chi connectivity index (χ3v) is 22.4. The maximum absolute atomic E-state index is 12.5. The molecule has 0 saturated carbocycles. The first-order valence-corrected chi connectivity index (χ1v) is 43.0. The summed E-state index contributed by atoms with van der Waals surface area (Å²) in [6, 6.07) is 29.7. The number of carbonyl (C=O) groups is 5. The predicted octanol–water partition coefficient (Wildman–Crippen LogP) is 14.5. The highest BCUT2D eigenvalue weighted by Crippen LogP contribution is 2.36. The van der Waals surface area contributed by atoms with Gasteiger partial charge in [-0.2, -0.15) is 5.26 Å². The molecule has 656 valence electrons. The van der Waals surface area contributed by atoms with Crippen molar-refractivity contribution in [3.8, 4) is 6.07 Å². The summed E-state index contributed by atoms with van der Waals surface area (Å²) in [7, 11) is 0. The standard InChI is InChI=1S/C27H31N7O.C23H29N5O4.C16H24N4O2.C13H17NO2.C11H14ClN3O2.CH4/c1-19-15-34(25-8-7-20(14-28)26-23(25)5-3-9-29-26)17-21(35-19)16-32-10-12-33(13-11-32)27-22-4-2-6-24(22)30-18-31-27;1-23(2,3)32-22(30)28-13-18-19(14-28)24-16-25-20(18)26-9-11-27(12-10-26)21(29)31-15-17-7-5-4-6-8-17;1-16(2,3)22-15(21)20-9-12-13(10-20)17-11-18-14(12)19-7-5-4-6-8-19;15-13(14-9-5-2-6-10-14)16-11-12-7-3-1-4-8-12;1-11(2,3)17-10(16)15-4-7-8(5-15)13-6-14-9(7)12;/h3,5,7-9,18-19,21H,2,4,6,10-13,15-17H2,1H3;4-8,16H,9-15H2,1-3H3;11H,4-10H2,1-3H3;1,3-4,7-8H,2,5-6,9-11H2;6H,4-5H2,1-3H3;1H4/t19-,21+;;;;;/m1...../s1. The van der Waals surface area contributed by atoms with Crippen molar-refractivity contribution < 1.29 is 52.4 Å². The van der Waals surface area contributed by atoms with E-state index in [1.807, 2.05) is 135 Å². The number of aromatic nitrogens is 9. The molecule has 17 rings (SSSR count). The largest absolute Gasteiger partial charge is 0.445 e. The lowest BCUT2D eigenvalue weighted by Crippen LogP contribution is -2.54. The smallest absolute Gasteiger partial charge is 0.410 e. The maximum atomic E-state index is 12.5. The Morgan fingerprint density at radius 3 is 1.38 bits per heavy atom. The monoisotopic (exact) mass is 1700 g/mol. The second-order valence-corrected chi connectivity index (χ2v) is 35.2. The van der Waals surface area contributed by atoms with Crippen LogP contribution in [-0.2, 0) is 93.7 Å². The summed E-state index contributed by atoms with van der Waals surface area (Å²) in [4.78, 5) is 120. The molecule has 2 atom stereocenters. The van der Waals surface area contributed by atoms with E-state index < -0.39 is 16.8 Å². The fourth-order valence-electron chi connectivity index (χ4n) is 16.2. The van der Waals surface area contributed by atoms with Crippen molar-refractivity contribution in [2.24, 2.45) is 0 Å². The summed E-state index contributed by atoms with van der Waals surface area (Å²) in [6.07, 6.45) is 17.3. The van der Waals surface area contributed by atoms with Gasteiger partial charge in [0, 0.05) is 143 Å². The Morgan fingerprint density at radius 1 is 0.439 bits per heavy atom. The summed E-state index contributed by atoms with van der Waals surface area (Å²) in [6.45, 7) is 34.9. The highest BCUT2D eigenvalue weighted by molar-refractivity contribution is 6.30. The number of piperidine rings is 2. The topological polar surface area (TPSA) is 313 Å². The quantitative estimate of drug-likeness (QED) is 0.0907. The number of nitriles is 1. The Balaban J connectivity index is 0.000000145. The number of benzene rings is 3. The van der Waals surface area contributed by atoms with E-state index in [1.165, 1.54) is 56.0 Å². The molecular weight excluding hydrogens is 1580 g/mol. The summed E-state index contributed by atoms with van der Waals surface area (Å²) in [5.41, 5.74) is 11.0. The molecule has 3 aromatic carbocycles. The van der Waals surface area contributed by atoms with Crippen molar-refractivity contribution in [1.29, 1.82) is 5.26 Å². The molecule has 0 spiro atoms. The lowest BCUT2D eigenvalue weighted by Gasteiger charge is -2.42. The minimum absolute atomic E-state index is 0. The molecule has 0 N–H and O–H groups in total. The number of hydrogen-bond donors (Lipinski definition) is 0. The van der Waals surface area contributed by atoms with Crippen molar-refractivity contribution in [1.82, 2.24) is 74.3 Å². The molecular formula is C91H119ClN20O11. The second-order valence-electron chi connectivity index (χ2n) is 34.9. The molecule has 5 saturated heterocycles. The number of halogens is 1. The van der Waals surface area contributed by atoms with Crippen LogP contribution in [-0.4, -0.2) is 232 Å². The molecule has 5 aromatic heterocycles. The van der Waals surface area contributed by atoms with Gasteiger partial charge in [-0.1, -0.05) is 79.7 Å². The van der Waals surface area contributed by atoms with Gasteiger partial charge in [0.25, 0.3) is 0 Å². The molecule has 5 fully saturated rings. The number of nitrogens with zero attached hydrogens (tertiary/aromatic N) is 20. The first kappa shape index (κ1) is 90.9. The molecule has 31 nitrogen and oxygen atoms in total. The van der Waals surface area contributed by atoms with E-state index in [2.05, 4.69) is 94.5 Å². The fraction of sp³-hybridized carbons (Fsp3) is 0.527. The van der Waals surface area contributed by atoms with Crippen LogP contribution < -0.4 is 19.6 Å². The van der Waals surface area contributed by atoms with Gasteiger partial charge in [-0.15, -0.1) is 0 Å². The predicted molar refractivity (Wildman–Crippen MR) is 469 cm³/mol. The normalized spacial score (nSPS) is 18.0. The Morgan fingerprint density at radius 2 is 0.886 bits per heavy atom. The summed E-state index contributed by atoms with van der Waals surface area (Å²) < 4.78 is 33.3. The Labute approximate surface area is 727 Å². The number of anilines is 4. The fourth-order valence-corrected chi connectivity index (χ4v) is 16.4. The summed E-state index contributed by atoms with van der Waals surface area (Å²) in [5, 5.41) is 10.9. The van der Waals surface area contributed by atoms with Crippen molar-refractivity contribution in [2.75, 3.05) is 118 Å². The van der Waals surface area contributed by atoms with Gasteiger partial charge in [0.15, 0.2) is 0 Å². The van der Waals surface area contributed by atoms with Crippen molar-refractivity contribution in [3.63, 3.8) is 0 Å². The minimum Gasteiger partial charge on any atom is -0.445 e. The van der Waals surface area contributed by atoms with Gasteiger partial charge < -0.3 is 57.8 Å². The van der Waals surface area contributed by atoms with Crippen LogP contribution in [0.2, 0.25) is 5.15 Å². The third kappa shape index (κ3) is 24.8. The summed E-state index contributed by atoms with van der Waals surface area (Å²) in [5.74, 6) is 2.97. The minimum atomic E-state index is -0.550. The van der Waals surface area contributed by atoms with Crippen LogP contribution in [0.25, 0.3) is 10.9 Å². The third-order valence-electron chi connectivity index (χ3n) is 22.1. The molecule has 9 aliphatic rings. The van der Waals surface area contributed by atoms with E-state index in [0.717, 1.165) is 177 Å². The van der Waals surface area contributed by atoms with Crippen LogP contribution in [0.4, 0.5) is 47.1 Å². The van der Waals surface area contributed by atoms with Crippen molar-refractivity contribution >= 4 is 76.1 Å². The van der Waals surface area contributed by atoms with Crippen LogP contribution in [0.3, 0.4) is 0 Å². The van der Waals surface area contributed by atoms with E-state index in [1.54, 1.807) is 43.4 Å². The van der Waals surface area contributed by atoms with Crippen LogP contribution >= 0.6 is 11.6 Å². The van der Waals surface area contributed by atoms with E-state index in [9.17, 15) is 29.2 Å². The maximum Gasteiger partial charge on any atom is 0.410 e. The van der Waals surface area contributed by atoms with Crippen LogP contribution in [0, 0.1) is 11.3 Å². The summed E-state index contributed by atoms with van der Waals surface area (Å²) >= 11 is 5.94. The zero-order chi connectivity index (χ0) is 86.1. The molecule has 0 bridgehead atoms. The van der Waals surface area contributed by atoms with E-state index >= 15 is 0 Å². The molecule has 1 aliphatic carbocycles. The lowest BCUT2D eigenvalue weighted by molar-refractivity contribution is -0.0327. The number of pyridine rings is 1. The average molecular weight is 1700 g/mol. The van der Waals surface area contributed by atoms with Gasteiger partial charge in [-0.05, 0) is 162 Å². The Bertz CT molecular complexity index is 4940. The first-order valence-electron chi connectivity index (χ1n) is 42.6. The molecule has 8 aliphatic heterocycles. The number of rotatable bonds is 10. The van der Waals surface area contributed by atoms with Gasteiger partial charge >= 0.3 is 30.5 Å². The number of morpholine rings is 1.